The lowest BCUT2D eigenvalue weighted by molar-refractivity contribution is -0.117. The maximum atomic E-state index is 11.4. The molecule has 0 aromatic heterocycles. The van der Waals surface area contributed by atoms with Gasteiger partial charge in [0, 0.05) is 17.0 Å². The number of hydrogen-bond donors (Lipinski definition) is 0. The monoisotopic (exact) mass is 309 g/mol. The van der Waals surface area contributed by atoms with Crippen LogP contribution < -0.4 is 0 Å². The summed E-state index contributed by atoms with van der Waals surface area (Å²) in [6.07, 6.45) is 5.84. The Morgan fingerprint density at radius 3 is 1.95 bits per heavy atom. The molecule has 130 valence electrons. The zero-order valence-electron chi connectivity index (χ0n) is 16.5. The lowest BCUT2D eigenvalue weighted by atomic mass is 9.70. The van der Waals surface area contributed by atoms with Gasteiger partial charge in [0.2, 0.25) is 0 Å². The molecule has 2 nitrogen and oxygen atoms in total. The van der Waals surface area contributed by atoms with E-state index in [1.54, 1.807) is 0 Å². The highest BCUT2D eigenvalue weighted by atomic mass is 16.1. The van der Waals surface area contributed by atoms with Crippen LogP contribution in [0.3, 0.4) is 0 Å². The van der Waals surface area contributed by atoms with E-state index in [0.29, 0.717) is 16.9 Å². The van der Waals surface area contributed by atoms with Crippen molar-refractivity contribution in [3.63, 3.8) is 0 Å². The Kier molecular flexibility index (Phi) is 5.60. The Morgan fingerprint density at radius 2 is 1.50 bits per heavy atom. The zero-order valence-corrected chi connectivity index (χ0v) is 16.5. The third-order valence-electron chi connectivity index (χ3n) is 5.13. The summed E-state index contributed by atoms with van der Waals surface area (Å²) >= 11 is 0. The standard InChI is InChI=1S/C20H39NO/c1-17(2,3)13-19(6,7)16-11-10-12-21(16)20(8,9)14-18(4,5)15-22/h15-16H,10-14H2,1-9H3. The van der Waals surface area contributed by atoms with Crippen LogP contribution in [0.4, 0.5) is 0 Å². The number of rotatable bonds is 6. The Labute approximate surface area is 139 Å². The van der Waals surface area contributed by atoms with Crippen LogP contribution in [0.25, 0.3) is 0 Å². The summed E-state index contributed by atoms with van der Waals surface area (Å²) < 4.78 is 0. The van der Waals surface area contributed by atoms with E-state index in [4.69, 9.17) is 0 Å². The number of carbonyl (C=O) groups excluding carboxylic acids is 1. The molecule has 22 heavy (non-hydrogen) atoms. The summed E-state index contributed by atoms with van der Waals surface area (Å²) in [6.45, 7) is 21.8. The number of nitrogens with zero attached hydrogens (tertiary/aromatic N) is 1. The predicted octanol–water partition coefficient (Wildman–Crippen LogP) is 5.31. The molecule has 0 aromatic carbocycles. The van der Waals surface area contributed by atoms with Crippen molar-refractivity contribution >= 4 is 6.29 Å². The Balaban J connectivity index is 2.96. The quantitative estimate of drug-likeness (QED) is 0.620. The summed E-state index contributed by atoms with van der Waals surface area (Å²) in [5.41, 5.74) is 0.479. The molecule has 0 bridgehead atoms. The van der Waals surface area contributed by atoms with E-state index in [9.17, 15) is 4.79 Å². The number of likely N-dealkylation sites (tertiary alicyclic amines) is 1. The van der Waals surface area contributed by atoms with Gasteiger partial charge in [-0.3, -0.25) is 4.90 Å². The fraction of sp³-hybridized carbons (Fsp3) is 0.950. The van der Waals surface area contributed by atoms with Crippen LogP contribution in [-0.4, -0.2) is 29.3 Å². The number of hydrogen-bond acceptors (Lipinski definition) is 2. The van der Waals surface area contributed by atoms with E-state index < -0.39 is 0 Å². The second kappa shape index (κ2) is 6.26. The van der Waals surface area contributed by atoms with E-state index in [-0.39, 0.29) is 11.0 Å². The van der Waals surface area contributed by atoms with E-state index in [0.717, 1.165) is 12.7 Å². The molecular formula is C20H39NO. The highest BCUT2D eigenvalue weighted by Gasteiger charge is 2.45. The first-order valence-electron chi connectivity index (χ1n) is 8.93. The van der Waals surface area contributed by atoms with E-state index >= 15 is 0 Å². The number of carbonyl (C=O) groups is 1. The maximum absolute atomic E-state index is 11.4. The van der Waals surface area contributed by atoms with Crippen LogP contribution in [0.5, 0.6) is 0 Å². The van der Waals surface area contributed by atoms with Crippen LogP contribution >= 0.6 is 0 Å². The summed E-state index contributed by atoms with van der Waals surface area (Å²) in [6, 6.07) is 0.615. The largest absolute Gasteiger partial charge is 0.303 e. The smallest absolute Gasteiger partial charge is 0.125 e. The molecule has 1 saturated heterocycles. The Bertz CT molecular complexity index is 387. The molecule has 1 aliphatic rings. The first-order valence-corrected chi connectivity index (χ1v) is 8.93. The molecule has 1 aliphatic heterocycles. The average Bonchev–Trinajstić information content (AvgIpc) is 2.74. The van der Waals surface area contributed by atoms with Crippen molar-refractivity contribution in [3.8, 4) is 0 Å². The molecule has 0 amide bonds. The summed E-state index contributed by atoms with van der Waals surface area (Å²) in [5, 5.41) is 0. The minimum Gasteiger partial charge on any atom is -0.303 e. The molecule has 0 radical (unpaired) electrons. The highest BCUT2D eigenvalue weighted by Crippen LogP contribution is 2.45. The Morgan fingerprint density at radius 1 is 0.955 bits per heavy atom. The van der Waals surface area contributed by atoms with Crippen LogP contribution in [-0.2, 0) is 4.79 Å². The van der Waals surface area contributed by atoms with Gasteiger partial charge in [-0.15, -0.1) is 0 Å². The van der Waals surface area contributed by atoms with Gasteiger partial charge in [0.1, 0.15) is 6.29 Å². The van der Waals surface area contributed by atoms with Gasteiger partial charge in [0.25, 0.3) is 0 Å². The third kappa shape index (κ3) is 5.08. The minimum absolute atomic E-state index is 0.0702. The zero-order chi connectivity index (χ0) is 17.4. The molecule has 2 heteroatoms. The molecule has 0 aliphatic carbocycles. The summed E-state index contributed by atoms with van der Waals surface area (Å²) in [5.74, 6) is 0. The fourth-order valence-corrected chi connectivity index (χ4v) is 5.05. The second-order valence-electron chi connectivity index (χ2n) is 10.7. The van der Waals surface area contributed by atoms with Crippen LogP contribution in [0.15, 0.2) is 0 Å². The molecule has 0 N–H and O–H groups in total. The van der Waals surface area contributed by atoms with Gasteiger partial charge in [-0.25, -0.2) is 0 Å². The van der Waals surface area contributed by atoms with Gasteiger partial charge in [0.15, 0.2) is 0 Å². The maximum Gasteiger partial charge on any atom is 0.125 e. The Hall–Kier alpha value is -0.370. The van der Waals surface area contributed by atoms with Gasteiger partial charge in [0.05, 0.1) is 0 Å². The van der Waals surface area contributed by atoms with Crippen LogP contribution in [0, 0.1) is 16.2 Å². The van der Waals surface area contributed by atoms with E-state index in [1.165, 1.54) is 25.8 Å². The molecule has 0 spiro atoms. The first-order chi connectivity index (χ1) is 9.70. The summed E-state index contributed by atoms with van der Waals surface area (Å²) in [4.78, 5) is 14.1. The number of aldehydes is 1. The normalized spacial score (nSPS) is 22.1. The van der Waals surface area contributed by atoms with Crippen molar-refractivity contribution in [2.75, 3.05) is 6.54 Å². The van der Waals surface area contributed by atoms with Gasteiger partial charge in [-0.2, -0.15) is 0 Å². The lowest BCUT2D eigenvalue weighted by Gasteiger charge is -2.49. The van der Waals surface area contributed by atoms with Crippen molar-refractivity contribution < 1.29 is 4.79 Å². The van der Waals surface area contributed by atoms with Gasteiger partial charge >= 0.3 is 0 Å². The molecule has 1 unspecified atom stereocenters. The van der Waals surface area contributed by atoms with E-state index in [2.05, 4.69) is 67.2 Å². The second-order valence-corrected chi connectivity index (χ2v) is 10.7. The molecule has 1 fully saturated rings. The van der Waals surface area contributed by atoms with Gasteiger partial charge < -0.3 is 4.79 Å². The predicted molar refractivity (Wildman–Crippen MR) is 96.1 cm³/mol. The van der Waals surface area contributed by atoms with Crippen molar-refractivity contribution in [1.82, 2.24) is 4.90 Å². The minimum atomic E-state index is -0.245. The first kappa shape index (κ1) is 19.7. The van der Waals surface area contributed by atoms with Gasteiger partial charge in [-0.1, -0.05) is 48.5 Å². The van der Waals surface area contributed by atoms with Crippen molar-refractivity contribution in [1.29, 1.82) is 0 Å². The fourth-order valence-electron chi connectivity index (χ4n) is 5.05. The van der Waals surface area contributed by atoms with Crippen LogP contribution in [0.2, 0.25) is 0 Å². The lowest BCUT2D eigenvalue weighted by Crippen LogP contribution is -2.54. The SMILES string of the molecule is CC(C)(C)CC(C)(C)C1CCCN1C(C)(C)CC(C)(C)C=O. The average molecular weight is 310 g/mol. The summed E-state index contributed by atoms with van der Waals surface area (Å²) in [7, 11) is 0. The molecule has 0 aromatic rings. The topological polar surface area (TPSA) is 20.3 Å². The molecular weight excluding hydrogens is 270 g/mol. The van der Waals surface area contributed by atoms with Gasteiger partial charge in [-0.05, 0) is 56.9 Å². The van der Waals surface area contributed by atoms with Crippen molar-refractivity contribution in [2.45, 2.75) is 99.6 Å². The molecule has 1 rings (SSSR count). The molecule has 1 heterocycles. The molecule has 1 atom stereocenters. The van der Waals surface area contributed by atoms with Crippen molar-refractivity contribution in [2.24, 2.45) is 16.2 Å². The third-order valence-corrected chi connectivity index (χ3v) is 5.13. The highest BCUT2D eigenvalue weighted by molar-refractivity contribution is 5.58. The molecule has 0 saturated carbocycles. The van der Waals surface area contributed by atoms with Crippen LogP contribution in [0.1, 0.15) is 88.0 Å². The van der Waals surface area contributed by atoms with Crippen molar-refractivity contribution in [3.05, 3.63) is 0 Å². The van der Waals surface area contributed by atoms with E-state index in [1.807, 2.05) is 0 Å².